The minimum Gasteiger partial charge on any atom is -0.467 e. The van der Waals surface area contributed by atoms with Gasteiger partial charge in [-0.15, -0.1) is 0 Å². The summed E-state index contributed by atoms with van der Waals surface area (Å²) in [6.45, 7) is 2.02. The van der Waals surface area contributed by atoms with Crippen molar-refractivity contribution in [2.75, 3.05) is 13.7 Å². The van der Waals surface area contributed by atoms with Crippen molar-refractivity contribution < 1.29 is 19.1 Å². The van der Waals surface area contributed by atoms with Crippen LogP contribution < -0.4 is 5.32 Å². The summed E-state index contributed by atoms with van der Waals surface area (Å²) in [5.74, 6) is 0.117. The third kappa shape index (κ3) is 3.72. The minimum atomic E-state index is -0.575. The fourth-order valence-electron chi connectivity index (χ4n) is 1.73. The lowest BCUT2D eigenvalue weighted by Gasteiger charge is -2.28. The van der Waals surface area contributed by atoms with Gasteiger partial charge in [0, 0.05) is 0 Å². The molecule has 1 N–H and O–H groups in total. The SMILES string of the molecule is CCOC(=O)N[C@@H](CC1CCC1)C(=O)OC. The van der Waals surface area contributed by atoms with Gasteiger partial charge in [-0.1, -0.05) is 19.3 Å². The number of methoxy groups -OCH3 is 1. The van der Waals surface area contributed by atoms with Crippen LogP contribution in [0, 0.1) is 5.92 Å². The Kier molecular flexibility index (Phi) is 5.08. The smallest absolute Gasteiger partial charge is 0.407 e. The average Bonchev–Trinajstić information content (AvgIpc) is 2.20. The summed E-state index contributed by atoms with van der Waals surface area (Å²) in [5.41, 5.74) is 0. The van der Waals surface area contributed by atoms with E-state index in [1.165, 1.54) is 13.5 Å². The zero-order valence-electron chi connectivity index (χ0n) is 9.82. The molecule has 1 amide bonds. The Hall–Kier alpha value is -1.26. The maximum Gasteiger partial charge on any atom is 0.407 e. The molecule has 0 aromatic heterocycles. The predicted molar refractivity (Wildman–Crippen MR) is 57.9 cm³/mol. The second-order valence-electron chi connectivity index (χ2n) is 3.97. The number of ether oxygens (including phenoxy) is 2. The van der Waals surface area contributed by atoms with E-state index in [9.17, 15) is 9.59 Å². The molecule has 0 saturated heterocycles. The molecule has 1 aliphatic rings. The average molecular weight is 229 g/mol. The first-order chi connectivity index (χ1) is 7.67. The van der Waals surface area contributed by atoms with E-state index in [1.807, 2.05) is 0 Å². The number of hydrogen-bond acceptors (Lipinski definition) is 4. The van der Waals surface area contributed by atoms with Gasteiger partial charge in [0.05, 0.1) is 13.7 Å². The highest BCUT2D eigenvalue weighted by molar-refractivity contribution is 5.81. The highest BCUT2D eigenvalue weighted by Crippen LogP contribution is 2.30. The van der Waals surface area contributed by atoms with Crippen LogP contribution in [-0.2, 0) is 14.3 Å². The van der Waals surface area contributed by atoms with Crippen LogP contribution in [0.4, 0.5) is 4.79 Å². The summed E-state index contributed by atoms with van der Waals surface area (Å²) in [4.78, 5) is 22.7. The Morgan fingerprint density at radius 3 is 2.56 bits per heavy atom. The number of alkyl carbamates (subject to hydrolysis) is 1. The van der Waals surface area contributed by atoms with Crippen molar-refractivity contribution in [2.24, 2.45) is 5.92 Å². The summed E-state index contributed by atoms with van der Waals surface area (Å²) in [7, 11) is 1.32. The third-order valence-electron chi connectivity index (χ3n) is 2.85. The van der Waals surface area contributed by atoms with Gasteiger partial charge in [0.2, 0.25) is 0 Å². The molecule has 0 unspecified atom stereocenters. The van der Waals surface area contributed by atoms with Crippen LogP contribution in [0.1, 0.15) is 32.6 Å². The van der Waals surface area contributed by atoms with Crippen LogP contribution in [0.3, 0.4) is 0 Å². The lowest BCUT2D eigenvalue weighted by molar-refractivity contribution is -0.143. The van der Waals surface area contributed by atoms with E-state index in [0.29, 0.717) is 18.9 Å². The standard InChI is InChI=1S/C11H19NO4/c1-3-16-11(14)12-9(10(13)15-2)7-8-5-4-6-8/h8-9H,3-7H2,1-2H3,(H,12,14)/t9-/m0/s1. The molecule has 92 valence electrons. The molecule has 16 heavy (non-hydrogen) atoms. The molecule has 0 bridgehead atoms. The van der Waals surface area contributed by atoms with Gasteiger partial charge in [-0.2, -0.15) is 0 Å². The summed E-state index contributed by atoms with van der Waals surface area (Å²) in [5, 5.41) is 2.53. The maximum absolute atomic E-state index is 11.4. The van der Waals surface area contributed by atoms with Gasteiger partial charge in [-0.3, -0.25) is 0 Å². The second-order valence-corrected chi connectivity index (χ2v) is 3.97. The van der Waals surface area contributed by atoms with E-state index in [-0.39, 0.29) is 0 Å². The van der Waals surface area contributed by atoms with Gasteiger partial charge in [0.1, 0.15) is 6.04 Å². The Balaban J connectivity index is 2.42. The van der Waals surface area contributed by atoms with Crippen molar-refractivity contribution in [3.63, 3.8) is 0 Å². The Labute approximate surface area is 95.5 Å². The number of nitrogens with one attached hydrogen (secondary N) is 1. The van der Waals surface area contributed by atoms with Crippen molar-refractivity contribution in [2.45, 2.75) is 38.6 Å². The predicted octanol–water partition coefficient (Wildman–Crippen LogP) is 1.46. The van der Waals surface area contributed by atoms with Gasteiger partial charge in [0.15, 0.2) is 0 Å². The molecule has 5 heteroatoms. The van der Waals surface area contributed by atoms with E-state index in [1.54, 1.807) is 6.92 Å². The van der Waals surface area contributed by atoms with Crippen LogP contribution in [0.15, 0.2) is 0 Å². The molecule has 0 heterocycles. The van der Waals surface area contributed by atoms with Crippen molar-refractivity contribution in [1.29, 1.82) is 0 Å². The Morgan fingerprint density at radius 1 is 1.44 bits per heavy atom. The molecule has 0 radical (unpaired) electrons. The molecule has 1 aliphatic carbocycles. The van der Waals surface area contributed by atoms with Crippen LogP contribution in [0.25, 0.3) is 0 Å². The molecule has 1 saturated carbocycles. The molecule has 0 aliphatic heterocycles. The Morgan fingerprint density at radius 2 is 2.12 bits per heavy atom. The summed E-state index contributed by atoms with van der Waals surface area (Å²) in [6, 6.07) is -0.575. The van der Waals surface area contributed by atoms with Crippen LogP contribution in [0.5, 0.6) is 0 Å². The minimum absolute atomic E-state index is 0.295. The number of carbonyl (C=O) groups excluding carboxylic acids is 2. The molecule has 1 rings (SSSR count). The van der Waals surface area contributed by atoms with Gasteiger partial charge in [0.25, 0.3) is 0 Å². The Bertz CT molecular complexity index is 250. The van der Waals surface area contributed by atoms with Crippen molar-refractivity contribution in [3.05, 3.63) is 0 Å². The molecule has 1 atom stereocenters. The number of esters is 1. The lowest BCUT2D eigenvalue weighted by Crippen LogP contribution is -2.43. The molecule has 0 spiro atoms. The number of amides is 1. The summed E-state index contributed by atoms with van der Waals surface area (Å²) >= 11 is 0. The highest BCUT2D eigenvalue weighted by atomic mass is 16.6. The third-order valence-corrected chi connectivity index (χ3v) is 2.85. The first-order valence-electron chi connectivity index (χ1n) is 5.68. The van der Waals surface area contributed by atoms with Crippen LogP contribution in [-0.4, -0.2) is 31.8 Å². The fourth-order valence-corrected chi connectivity index (χ4v) is 1.73. The number of hydrogen-bond donors (Lipinski definition) is 1. The summed E-state index contributed by atoms with van der Waals surface area (Å²) < 4.78 is 9.39. The molecular formula is C11H19NO4. The molecule has 0 aromatic rings. The zero-order chi connectivity index (χ0) is 12.0. The maximum atomic E-state index is 11.4. The number of carbonyl (C=O) groups is 2. The van der Waals surface area contributed by atoms with Crippen molar-refractivity contribution in [1.82, 2.24) is 5.32 Å². The molecule has 1 fully saturated rings. The first kappa shape index (κ1) is 12.8. The largest absolute Gasteiger partial charge is 0.467 e. The van der Waals surface area contributed by atoms with Gasteiger partial charge >= 0.3 is 12.1 Å². The molecular weight excluding hydrogens is 210 g/mol. The quantitative estimate of drug-likeness (QED) is 0.725. The van der Waals surface area contributed by atoms with E-state index < -0.39 is 18.1 Å². The van der Waals surface area contributed by atoms with E-state index in [4.69, 9.17) is 4.74 Å². The zero-order valence-corrected chi connectivity index (χ0v) is 9.82. The first-order valence-corrected chi connectivity index (χ1v) is 5.68. The van der Waals surface area contributed by atoms with Gasteiger partial charge in [-0.25, -0.2) is 9.59 Å². The number of rotatable bonds is 5. The lowest BCUT2D eigenvalue weighted by atomic mass is 9.81. The molecule has 0 aromatic carbocycles. The normalized spacial score (nSPS) is 17.1. The van der Waals surface area contributed by atoms with Gasteiger partial charge in [-0.05, 0) is 19.3 Å². The monoisotopic (exact) mass is 229 g/mol. The second kappa shape index (κ2) is 6.35. The van der Waals surface area contributed by atoms with Crippen LogP contribution >= 0.6 is 0 Å². The van der Waals surface area contributed by atoms with Gasteiger partial charge < -0.3 is 14.8 Å². The van der Waals surface area contributed by atoms with E-state index in [2.05, 4.69) is 10.1 Å². The molecule has 5 nitrogen and oxygen atoms in total. The van der Waals surface area contributed by atoms with Crippen molar-refractivity contribution >= 4 is 12.1 Å². The summed E-state index contributed by atoms with van der Waals surface area (Å²) in [6.07, 6.45) is 3.54. The van der Waals surface area contributed by atoms with Crippen LogP contribution in [0.2, 0.25) is 0 Å². The van der Waals surface area contributed by atoms with E-state index in [0.717, 1.165) is 12.8 Å². The fraction of sp³-hybridized carbons (Fsp3) is 0.818. The highest BCUT2D eigenvalue weighted by Gasteiger charge is 2.28. The van der Waals surface area contributed by atoms with Crippen molar-refractivity contribution in [3.8, 4) is 0 Å². The van der Waals surface area contributed by atoms with E-state index >= 15 is 0 Å². The topological polar surface area (TPSA) is 64.6 Å².